The first kappa shape index (κ1) is 16.8. The van der Waals surface area contributed by atoms with Gasteiger partial charge in [0, 0.05) is 12.6 Å². The van der Waals surface area contributed by atoms with Gasteiger partial charge in [0.25, 0.3) is 5.91 Å². The summed E-state index contributed by atoms with van der Waals surface area (Å²) in [5, 5.41) is 13.7. The van der Waals surface area contributed by atoms with Crippen LogP contribution in [0.2, 0.25) is 0 Å². The summed E-state index contributed by atoms with van der Waals surface area (Å²) in [7, 11) is 1.41. The number of carbonyl (C=O) groups is 2. The monoisotopic (exact) mass is 296 g/mol. The first-order valence-electron chi connectivity index (χ1n) is 6.58. The van der Waals surface area contributed by atoms with Crippen LogP contribution in [-0.2, 0) is 11.4 Å². The van der Waals surface area contributed by atoms with E-state index in [1.165, 1.54) is 14.0 Å². The van der Waals surface area contributed by atoms with Crippen LogP contribution < -0.4 is 20.1 Å². The van der Waals surface area contributed by atoms with E-state index in [0.29, 0.717) is 23.7 Å². The number of carbonyl (C=O) groups excluding carboxylic acids is 2. The molecule has 1 rings (SSSR count). The smallest absolute Gasteiger partial charge is 0.321 e. The predicted octanol–water partition coefficient (Wildman–Crippen LogP) is 0.800. The molecular weight excluding hydrogens is 276 g/mol. The zero-order valence-electron chi connectivity index (χ0n) is 12.3. The fraction of sp³-hybridized carbons (Fsp3) is 0.429. The molecule has 0 aliphatic carbocycles. The molecule has 0 fully saturated rings. The average Bonchev–Trinajstić information content (AvgIpc) is 2.48. The summed E-state index contributed by atoms with van der Waals surface area (Å²) in [5.74, 6) is 0.134. The SMILES string of the molecule is CCOc1cccc(CO)c1OC(C)C(=O)NC(=O)NC. The van der Waals surface area contributed by atoms with Crippen molar-refractivity contribution in [3.05, 3.63) is 23.8 Å². The Balaban J connectivity index is 2.89. The minimum absolute atomic E-state index is 0.250. The summed E-state index contributed by atoms with van der Waals surface area (Å²) in [5.41, 5.74) is 0.501. The van der Waals surface area contributed by atoms with Crippen molar-refractivity contribution in [3.8, 4) is 11.5 Å². The molecule has 1 aromatic carbocycles. The van der Waals surface area contributed by atoms with E-state index in [9.17, 15) is 14.7 Å². The van der Waals surface area contributed by atoms with Crippen molar-refractivity contribution >= 4 is 11.9 Å². The van der Waals surface area contributed by atoms with Gasteiger partial charge in [-0.3, -0.25) is 10.1 Å². The first-order valence-corrected chi connectivity index (χ1v) is 6.58. The molecule has 0 radical (unpaired) electrons. The van der Waals surface area contributed by atoms with Gasteiger partial charge in [0.15, 0.2) is 17.6 Å². The molecule has 0 bridgehead atoms. The topological polar surface area (TPSA) is 96.9 Å². The lowest BCUT2D eigenvalue weighted by atomic mass is 10.2. The van der Waals surface area contributed by atoms with Crippen LogP contribution >= 0.6 is 0 Å². The number of hydrogen-bond donors (Lipinski definition) is 3. The normalized spacial score (nSPS) is 11.4. The van der Waals surface area contributed by atoms with Gasteiger partial charge in [-0.15, -0.1) is 0 Å². The number of para-hydroxylation sites is 1. The second-order valence-corrected chi connectivity index (χ2v) is 4.16. The van der Waals surface area contributed by atoms with Crippen LogP contribution in [0.1, 0.15) is 19.4 Å². The van der Waals surface area contributed by atoms with Gasteiger partial charge < -0.3 is 19.9 Å². The van der Waals surface area contributed by atoms with Gasteiger partial charge in [-0.25, -0.2) is 4.79 Å². The molecule has 3 N–H and O–H groups in total. The maximum atomic E-state index is 11.8. The minimum Gasteiger partial charge on any atom is -0.490 e. The van der Waals surface area contributed by atoms with E-state index >= 15 is 0 Å². The molecule has 1 atom stereocenters. The van der Waals surface area contributed by atoms with Crippen molar-refractivity contribution in [3.63, 3.8) is 0 Å². The van der Waals surface area contributed by atoms with E-state index in [1.807, 2.05) is 6.92 Å². The van der Waals surface area contributed by atoms with E-state index in [0.717, 1.165) is 0 Å². The van der Waals surface area contributed by atoms with Crippen molar-refractivity contribution in [2.45, 2.75) is 26.6 Å². The number of amides is 3. The van der Waals surface area contributed by atoms with Crippen LogP contribution in [0, 0.1) is 0 Å². The largest absolute Gasteiger partial charge is 0.490 e. The molecule has 0 aromatic heterocycles. The predicted molar refractivity (Wildman–Crippen MR) is 76.2 cm³/mol. The van der Waals surface area contributed by atoms with Gasteiger partial charge in [-0.1, -0.05) is 12.1 Å². The van der Waals surface area contributed by atoms with Crippen LogP contribution in [0.25, 0.3) is 0 Å². The Morgan fingerprint density at radius 3 is 2.67 bits per heavy atom. The van der Waals surface area contributed by atoms with Crippen LogP contribution in [0.3, 0.4) is 0 Å². The minimum atomic E-state index is -0.922. The van der Waals surface area contributed by atoms with Gasteiger partial charge in [-0.05, 0) is 19.9 Å². The fourth-order valence-corrected chi connectivity index (χ4v) is 1.60. The highest BCUT2D eigenvalue weighted by atomic mass is 16.5. The van der Waals surface area contributed by atoms with Crippen LogP contribution in [-0.4, -0.2) is 36.8 Å². The van der Waals surface area contributed by atoms with E-state index < -0.39 is 18.0 Å². The number of urea groups is 1. The molecule has 116 valence electrons. The molecule has 3 amide bonds. The molecule has 0 aliphatic heterocycles. The number of imide groups is 1. The highest BCUT2D eigenvalue weighted by Crippen LogP contribution is 2.32. The molecule has 21 heavy (non-hydrogen) atoms. The van der Waals surface area contributed by atoms with Gasteiger partial charge in [-0.2, -0.15) is 0 Å². The summed E-state index contributed by atoms with van der Waals surface area (Å²) in [6.45, 7) is 3.49. The second kappa shape index (κ2) is 8.11. The number of ether oxygens (including phenoxy) is 2. The Kier molecular flexibility index (Phi) is 6.48. The van der Waals surface area contributed by atoms with Crippen LogP contribution in [0.5, 0.6) is 11.5 Å². The highest BCUT2D eigenvalue weighted by Gasteiger charge is 2.20. The lowest BCUT2D eigenvalue weighted by Crippen LogP contribution is -2.44. The van der Waals surface area contributed by atoms with Gasteiger partial charge in [0.2, 0.25) is 0 Å². The van der Waals surface area contributed by atoms with Gasteiger partial charge in [0.1, 0.15) is 0 Å². The Morgan fingerprint density at radius 2 is 2.10 bits per heavy atom. The molecular formula is C14H20N2O5. The summed E-state index contributed by atoms with van der Waals surface area (Å²) in [4.78, 5) is 22.9. The highest BCUT2D eigenvalue weighted by molar-refractivity contribution is 5.96. The number of aliphatic hydroxyl groups excluding tert-OH is 1. The quantitative estimate of drug-likeness (QED) is 0.721. The zero-order valence-corrected chi connectivity index (χ0v) is 12.3. The summed E-state index contributed by atoms with van der Waals surface area (Å²) in [6, 6.07) is 4.46. The van der Waals surface area contributed by atoms with Crippen molar-refractivity contribution in [2.24, 2.45) is 0 Å². The number of nitrogens with one attached hydrogen (secondary N) is 2. The third kappa shape index (κ3) is 4.64. The lowest BCUT2D eigenvalue weighted by molar-refractivity contribution is -0.126. The van der Waals surface area contributed by atoms with Crippen molar-refractivity contribution in [1.82, 2.24) is 10.6 Å². The van der Waals surface area contributed by atoms with Gasteiger partial charge >= 0.3 is 6.03 Å². The maximum absolute atomic E-state index is 11.8. The van der Waals surface area contributed by atoms with Crippen molar-refractivity contribution in [2.75, 3.05) is 13.7 Å². The molecule has 0 aliphatic rings. The molecule has 0 heterocycles. The van der Waals surface area contributed by atoms with Gasteiger partial charge in [0.05, 0.1) is 13.2 Å². The number of hydrogen-bond acceptors (Lipinski definition) is 5. The number of benzene rings is 1. The Morgan fingerprint density at radius 1 is 1.38 bits per heavy atom. The third-order valence-electron chi connectivity index (χ3n) is 2.66. The zero-order chi connectivity index (χ0) is 15.8. The van der Waals surface area contributed by atoms with E-state index in [-0.39, 0.29) is 6.61 Å². The molecule has 0 saturated carbocycles. The molecule has 7 nitrogen and oxygen atoms in total. The van der Waals surface area contributed by atoms with Crippen LogP contribution in [0.15, 0.2) is 18.2 Å². The summed E-state index contributed by atoms with van der Waals surface area (Å²) in [6.07, 6.45) is -0.922. The fourth-order valence-electron chi connectivity index (χ4n) is 1.60. The van der Waals surface area contributed by atoms with E-state index in [1.54, 1.807) is 18.2 Å². The van der Waals surface area contributed by atoms with E-state index in [2.05, 4.69) is 10.6 Å². The lowest BCUT2D eigenvalue weighted by Gasteiger charge is -2.19. The first-order chi connectivity index (χ1) is 10.0. The number of aliphatic hydroxyl groups is 1. The van der Waals surface area contributed by atoms with Crippen molar-refractivity contribution < 1.29 is 24.2 Å². The number of rotatable bonds is 6. The molecule has 1 unspecified atom stereocenters. The third-order valence-corrected chi connectivity index (χ3v) is 2.66. The maximum Gasteiger partial charge on any atom is 0.321 e. The Labute approximate surface area is 123 Å². The summed E-state index contributed by atoms with van der Waals surface area (Å²) >= 11 is 0. The Hall–Kier alpha value is -2.28. The van der Waals surface area contributed by atoms with Crippen molar-refractivity contribution in [1.29, 1.82) is 0 Å². The van der Waals surface area contributed by atoms with E-state index in [4.69, 9.17) is 9.47 Å². The Bertz CT molecular complexity index is 504. The molecule has 1 aromatic rings. The standard InChI is InChI=1S/C14H20N2O5/c1-4-20-11-7-5-6-10(8-17)12(11)21-9(2)13(18)16-14(19)15-3/h5-7,9,17H,4,8H2,1-3H3,(H2,15,16,18,19). The summed E-state index contributed by atoms with van der Waals surface area (Å²) < 4.78 is 11.0. The average molecular weight is 296 g/mol. The molecule has 0 saturated heterocycles. The molecule has 0 spiro atoms. The molecule has 7 heteroatoms. The second-order valence-electron chi connectivity index (χ2n) is 4.16. The van der Waals surface area contributed by atoms with Crippen LogP contribution in [0.4, 0.5) is 4.79 Å².